The van der Waals surface area contributed by atoms with Crippen LogP contribution in [-0.2, 0) is 20.7 Å². The Kier molecular flexibility index (Phi) is 5.59. The minimum Gasteiger partial charge on any atom is -0.466 e. The number of carbonyl (C=O) groups excluding carboxylic acids is 2. The molecule has 1 rings (SSSR count). The summed E-state index contributed by atoms with van der Waals surface area (Å²) in [6.45, 7) is 3.86. The zero-order valence-electron chi connectivity index (χ0n) is 10.8. The predicted octanol–water partition coefficient (Wildman–Crippen LogP) is 1.11. The molecule has 0 aliphatic carbocycles. The predicted molar refractivity (Wildman–Crippen MR) is 66.5 cm³/mol. The fourth-order valence-corrected chi connectivity index (χ4v) is 1.58. The number of aromatic amines is 1. The summed E-state index contributed by atoms with van der Waals surface area (Å²) in [7, 11) is 0. The van der Waals surface area contributed by atoms with Crippen molar-refractivity contribution in [3.63, 3.8) is 0 Å². The van der Waals surface area contributed by atoms with Crippen LogP contribution in [0.25, 0.3) is 0 Å². The summed E-state index contributed by atoms with van der Waals surface area (Å²) < 4.78 is 9.71. The van der Waals surface area contributed by atoms with Crippen LogP contribution in [0.5, 0.6) is 0 Å². The maximum Gasteiger partial charge on any atom is 0.339 e. The van der Waals surface area contributed by atoms with Crippen molar-refractivity contribution in [2.75, 3.05) is 13.2 Å². The van der Waals surface area contributed by atoms with Crippen molar-refractivity contribution in [3.8, 4) is 0 Å². The van der Waals surface area contributed by atoms with Crippen molar-refractivity contribution in [2.24, 2.45) is 5.16 Å². The van der Waals surface area contributed by atoms with Crippen LogP contribution in [0.1, 0.15) is 35.5 Å². The molecule has 0 aliphatic rings. The largest absolute Gasteiger partial charge is 0.466 e. The Balaban J connectivity index is 3.04. The van der Waals surface area contributed by atoms with E-state index in [9.17, 15) is 9.59 Å². The number of esters is 2. The number of hydrogen-bond donors (Lipinski definition) is 2. The molecule has 0 amide bonds. The molecule has 1 aromatic heterocycles. The number of nitrogens with one attached hydrogen (secondary N) is 1. The standard InChI is InChI=1S/C12H16N2O5/c1-3-18-11(15)5-8-9(12(16)19-4-2)6-13-10(8)7-14-17/h6-7,13,17H,3-5H2,1-2H3/b14-7+. The van der Waals surface area contributed by atoms with Crippen LogP contribution >= 0.6 is 0 Å². The van der Waals surface area contributed by atoms with E-state index < -0.39 is 11.9 Å². The Morgan fingerprint density at radius 3 is 2.63 bits per heavy atom. The van der Waals surface area contributed by atoms with Gasteiger partial charge in [-0.15, -0.1) is 0 Å². The normalized spacial score (nSPS) is 10.6. The Hall–Kier alpha value is -2.31. The molecule has 0 aliphatic heterocycles. The van der Waals surface area contributed by atoms with Crippen molar-refractivity contribution < 1.29 is 24.3 Å². The van der Waals surface area contributed by atoms with E-state index in [0.29, 0.717) is 11.3 Å². The average molecular weight is 268 g/mol. The number of nitrogens with zero attached hydrogens (tertiary/aromatic N) is 1. The summed E-state index contributed by atoms with van der Waals surface area (Å²) in [5, 5.41) is 11.4. The molecular formula is C12H16N2O5. The highest BCUT2D eigenvalue weighted by Crippen LogP contribution is 2.16. The summed E-state index contributed by atoms with van der Waals surface area (Å²) in [5.41, 5.74) is 0.970. The molecule has 1 heterocycles. The topological polar surface area (TPSA) is 101 Å². The van der Waals surface area contributed by atoms with Gasteiger partial charge in [0.2, 0.25) is 0 Å². The molecule has 0 unspecified atom stereocenters. The molecule has 0 bridgehead atoms. The van der Waals surface area contributed by atoms with Gasteiger partial charge in [-0.05, 0) is 13.8 Å². The van der Waals surface area contributed by atoms with E-state index >= 15 is 0 Å². The monoisotopic (exact) mass is 268 g/mol. The lowest BCUT2D eigenvalue weighted by Crippen LogP contribution is -2.13. The summed E-state index contributed by atoms with van der Waals surface area (Å²) in [6, 6.07) is 0. The van der Waals surface area contributed by atoms with E-state index in [1.807, 2.05) is 0 Å². The third kappa shape index (κ3) is 3.84. The van der Waals surface area contributed by atoms with Crippen LogP contribution in [0, 0.1) is 0 Å². The summed E-state index contributed by atoms with van der Waals surface area (Å²) in [5.74, 6) is -1.02. The number of aromatic nitrogens is 1. The van der Waals surface area contributed by atoms with Crippen LogP contribution in [0.4, 0.5) is 0 Å². The molecule has 1 aromatic rings. The molecular weight excluding hydrogens is 252 g/mol. The number of oxime groups is 1. The second kappa shape index (κ2) is 7.20. The number of hydrogen-bond acceptors (Lipinski definition) is 6. The quantitative estimate of drug-likeness (QED) is 0.348. The molecule has 104 valence electrons. The molecule has 2 N–H and O–H groups in total. The molecule has 7 heteroatoms. The van der Waals surface area contributed by atoms with Crippen LogP contribution in [0.2, 0.25) is 0 Å². The third-order valence-electron chi connectivity index (χ3n) is 2.33. The lowest BCUT2D eigenvalue weighted by Gasteiger charge is -2.05. The SMILES string of the molecule is CCOC(=O)Cc1c(C(=O)OCC)c[nH]c1/C=N/O. The summed E-state index contributed by atoms with van der Waals surface area (Å²) in [6.07, 6.45) is 2.41. The van der Waals surface area contributed by atoms with Gasteiger partial charge < -0.3 is 19.7 Å². The van der Waals surface area contributed by atoms with Crippen molar-refractivity contribution in [1.82, 2.24) is 4.98 Å². The maximum atomic E-state index is 11.7. The van der Waals surface area contributed by atoms with Crippen LogP contribution < -0.4 is 0 Å². The Labute approximate surface area is 110 Å². The first-order chi connectivity index (χ1) is 9.13. The Bertz CT molecular complexity index is 478. The lowest BCUT2D eigenvalue weighted by molar-refractivity contribution is -0.142. The molecule has 19 heavy (non-hydrogen) atoms. The van der Waals surface area contributed by atoms with Gasteiger partial charge in [0.15, 0.2) is 0 Å². The number of ether oxygens (including phenoxy) is 2. The molecule has 0 atom stereocenters. The van der Waals surface area contributed by atoms with Gasteiger partial charge in [0.1, 0.15) is 0 Å². The fraction of sp³-hybridized carbons (Fsp3) is 0.417. The zero-order valence-corrected chi connectivity index (χ0v) is 10.8. The Morgan fingerprint density at radius 2 is 2.05 bits per heavy atom. The highest BCUT2D eigenvalue weighted by Gasteiger charge is 2.20. The molecule has 0 aromatic carbocycles. The van der Waals surface area contributed by atoms with E-state index in [2.05, 4.69) is 10.1 Å². The van der Waals surface area contributed by atoms with Crippen molar-refractivity contribution in [2.45, 2.75) is 20.3 Å². The van der Waals surface area contributed by atoms with Crippen molar-refractivity contribution in [3.05, 3.63) is 23.0 Å². The molecule has 0 saturated carbocycles. The highest BCUT2D eigenvalue weighted by molar-refractivity contribution is 5.96. The van der Waals surface area contributed by atoms with Crippen molar-refractivity contribution in [1.29, 1.82) is 0 Å². The number of rotatable bonds is 6. The van der Waals surface area contributed by atoms with Gasteiger partial charge in [0.25, 0.3) is 0 Å². The Morgan fingerprint density at radius 1 is 1.37 bits per heavy atom. The first kappa shape index (κ1) is 14.7. The highest BCUT2D eigenvalue weighted by atomic mass is 16.5. The van der Waals surface area contributed by atoms with Gasteiger partial charge in [0.05, 0.1) is 37.1 Å². The van der Waals surface area contributed by atoms with Gasteiger partial charge in [0, 0.05) is 11.8 Å². The van der Waals surface area contributed by atoms with Crippen LogP contribution in [-0.4, -0.2) is 41.6 Å². The first-order valence-electron chi connectivity index (χ1n) is 5.84. The molecule has 7 nitrogen and oxygen atoms in total. The van der Waals surface area contributed by atoms with Gasteiger partial charge in [-0.2, -0.15) is 0 Å². The first-order valence-corrected chi connectivity index (χ1v) is 5.84. The van der Waals surface area contributed by atoms with Crippen LogP contribution in [0.15, 0.2) is 11.4 Å². The number of H-pyrrole nitrogens is 1. The minimum atomic E-state index is -0.546. The molecule has 0 fully saturated rings. The van der Waals surface area contributed by atoms with E-state index in [4.69, 9.17) is 14.7 Å². The van der Waals surface area contributed by atoms with E-state index in [1.165, 1.54) is 6.20 Å². The van der Waals surface area contributed by atoms with Gasteiger partial charge in [-0.3, -0.25) is 4.79 Å². The second-order valence-electron chi connectivity index (χ2n) is 3.54. The molecule has 0 radical (unpaired) electrons. The second-order valence-corrected chi connectivity index (χ2v) is 3.54. The maximum absolute atomic E-state index is 11.7. The molecule has 0 spiro atoms. The van der Waals surface area contributed by atoms with E-state index in [-0.39, 0.29) is 25.2 Å². The van der Waals surface area contributed by atoms with Crippen LogP contribution in [0.3, 0.4) is 0 Å². The lowest BCUT2D eigenvalue weighted by atomic mass is 10.1. The van der Waals surface area contributed by atoms with Gasteiger partial charge in [-0.25, -0.2) is 4.79 Å². The summed E-state index contributed by atoms with van der Waals surface area (Å²) >= 11 is 0. The third-order valence-corrected chi connectivity index (χ3v) is 2.33. The minimum absolute atomic E-state index is 0.104. The average Bonchev–Trinajstić information content (AvgIpc) is 2.74. The van der Waals surface area contributed by atoms with Gasteiger partial charge in [-0.1, -0.05) is 5.16 Å². The van der Waals surface area contributed by atoms with Gasteiger partial charge >= 0.3 is 11.9 Å². The fourth-order valence-electron chi connectivity index (χ4n) is 1.58. The van der Waals surface area contributed by atoms with E-state index in [0.717, 1.165) is 6.21 Å². The smallest absolute Gasteiger partial charge is 0.339 e. The summed E-state index contributed by atoms with van der Waals surface area (Å²) in [4.78, 5) is 26.0. The zero-order chi connectivity index (χ0) is 14.3. The molecule has 0 saturated heterocycles. The van der Waals surface area contributed by atoms with E-state index in [1.54, 1.807) is 13.8 Å². The number of carbonyl (C=O) groups is 2. The van der Waals surface area contributed by atoms with Crippen molar-refractivity contribution >= 4 is 18.2 Å².